The second-order valence-corrected chi connectivity index (χ2v) is 12.5. The van der Waals surface area contributed by atoms with Gasteiger partial charge in [-0.05, 0) is 47.0 Å². The maximum absolute atomic E-state index is 14.7. The van der Waals surface area contributed by atoms with Gasteiger partial charge in [-0.3, -0.25) is 14.4 Å². The molecule has 3 aromatic rings. The van der Waals surface area contributed by atoms with Crippen LogP contribution in [0, 0.1) is 23.4 Å². The van der Waals surface area contributed by atoms with Gasteiger partial charge in [0, 0.05) is 36.1 Å². The molecule has 1 aliphatic rings. The molecule has 1 amide bonds. The Balaban J connectivity index is 1.56. The largest absolute Gasteiger partial charge is 0.450 e. The highest BCUT2D eigenvalue weighted by atomic mass is 35.5. The van der Waals surface area contributed by atoms with Gasteiger partial charge in [0.1, 0.15) is 21.8 Å². The zero-order valence-corrected chi connectivity index (χ0v) is 25.3. The molecule has 4 nitrogen and oxygen atoms in total. The molecule has 0 unspecified atom stereocenters. The number of carbonyl (C=O) groups is 3. The summed E-state index contributed by atoms with van der Waals surface area (Å²) in [7, 11) is 0. The lowest BCUT2D eigenvalue weighted by atomic mass is 9.98. The van der Waals surface area contributed by atoms with Crippen LogP contribution in [-0.4, -0.2) is 28.0 Å². The summed E-state index contributed by atoms with van der Waals surface area (Å²) in [4.78, 5) is 37.3. The van der Waals surface area contributed by atoms with Crippen LogP contribution in [0.4, 0.5) is 32.0 Å². The van der Waals surface area contributed by atoms with Gasteiger partial charge >= 0.3 is 6.18 Å². The molecule has 16 heteroatoms. The van der Waals surface area contributed by atoms with Crippen molar-refractivity contribution in [2.75, 3.05) is 5.32 Å². The molecule has 1 fully saturated rings. The molecule has 43 heavy (non-hydrogen) atoms. The molecular weight excluding hydrogens is 713 g/mol. The van der Waals surface area contributed by atoms with Crippen molar-refractivity contribution in [2.45, 2.75) is 29.3 Å². The van der Waals surface area contributed by atoms with Crippen molar-refractivity contribution >= 4 is 92.8 Å². The molecule has 228 valence electrons. The second-order valence-electron chi connectivity index (χ2n) is 9.47. The molecular formula is C27H13Cl6F6NO3. The molecule has 1 saturated carbocycles. The standard InChI is InChI=1S/C27H13Cl6F6NO3/c28-14-2-11(3-15(29)24(14)31)21-22(26(21,32)33)25(43)40-12-6-13(23(30)18(36)7-12)19(41)4-9-1-10(17(35)8-16(9)34)5-20(42)27(37,38)39/h1-3,6-8,21-22H,4-5H2,(H,40,43)/t21-,22+/m0/s1. The minimum atomic E-state index is -5.27. The van der Waals surface area contributed by atoms with Crippen molar-refractivity contribution < 1.29 is 40.7 Å². The van der Waals surface area contributed by atoms with Crippen LogP contribution < -0.4 is 5.32 Å². The molecule has 4 rings (SSSR count). The molecule has 0 bridgehead atoms. The summed E-state index contributed by atoms with van der Waals surface area (Å²) < 4.78 is 79.4. The third-order valence-corrected chi connectivity index (χ3v) is 9.05. The highest BCUT2D eigenvalue weighted by molar-refractivity contribution is 6.54. The zero-order valence-electron chi connectivity index (χ0n) is 20.8. The van der Waals surface area contributed by atoms with E-state index in [-0.39, 0.29) is 26.8 Å². The van der Waals surface area contributed by atoms with Gasteiger partial charge in [-0.1, -0.05) is 46.4 Å². The summed E-state index contributed by atoms with van der Waals surface area (Å²) in [6.07, 6.45) is -7.62. The minimum Gasteiger partial charge on any atom is -0.326 e. The van der Waals surface area contributed by atoms with Gasteiger partial charge in [-0.15, -0.1) is 23.2 Å². The van der Waals surface area contributed by atoms with Crippen molar-refractivity contribution in [3.05, 3.63) is 96.2 Å². The van der Waals surface area contributed by atoms with E-state index in [0.29, 0.717) is 11.6 Å². The number of alkyl halides is 5. The van der Waals surface area contributed by atoms with Gasteiger partial charge < -0.3 is 5.32 Å². The Morgan fingerprint density at radius 3 is 1.88 bits per heavy atom. The highest BCUT2D eigenvalue weighted by Crippen LogP contribution is 2.65. The van der Waals surface area contributed by atoms with E-state index >= 15 is 0 Å². The van der Waals surface area contributed by atoms with Crippen molar-refractivity contribution in [3.63, 3.8) is 0 Å². The predicted molar refractivity (Wildman–Crippen MR) is 151 cm³/mol. The number of benzene rings is 3. The summed E-state index contributed by atoms with van der Waals surface area (Å²) in [5.41, 5.74) is -1.82. The summed E-state index contributed by atoms with van der Waals surface area (Å²) in [6.45, 7) is 0. The van der Waals surface area contributed by atoms with E-state index in [9.17, 15) is 40.7 Å². The summed E-state index contributed by atoms with van der Waals surface area (Å²) in [5, 5.41) is 1.90. The lowest BCUT2D eigenvalue weighted by Crippen LogP contribution is -2.25. The van der Waals surface area contributed by atoms with Crippen LogP contribution >= 0.6 is 69.6 Å². The predicted octanol–water partition coefficient (Wildman–Crippen LogP) is 9.34. The molecule has 1 aliphatic carbocycles. The van der Waals surface area contributed by atoms with Crippen molar-refractivity contribution in [1.82, 2.24) is 0 Å². The Morgan fingerprint density at radius 2 is 1.33 bits per heavy atom. The van der Waals surface area contributed by atoms with Gasteiger partial charge in [0.25, 0.3) is 0 Å². The third-order valence-electron chi connectivity index (χ3n) is 6.53. The molecule has 1 N–H and O–H groups in total. The number of carbonyl (C=O) groups excluding carboxylic acids is 3. The molecule has 2 atom stereocenters. The van der Waals surface area contributed by atoms with Gasteiger partial charge in [0.15, 0.2) is 5.78 Å². The van der Waals surface area contributed by atoms with Gasteiger partial charge in [-0.2, -0.15) is 13.2 Å². The van der Waals surface area contributed by atoms with E-state index in [1.54, 1.807) is 0 Å². The number of nitrogens with one attached hydrogen (secondary N) is 1. The molecule has 0 aromatic heterocycles. The van der Waals surface area contributed by atoms with Gasteiger partial charge in [0.2, 0.25) is 11.7 Å². The zero-order chi connectivity index (χ0) is 32.2. The molecule has 0 spiro atoms. The minimum absolute atomic E-state index is 0.0730. The van der Waals surface area contributed by atoms with Crippen LogP contribution in [0.15, 0.2) is 36.4 Å². The van der Waals surface area contributed by atoms with E-state index < -0.39 is 91.8 Å². The van der Waals surface area contributed by atoms with E-state index in [4.69, 9.17) is 69.6 Å². The topological polar surface area (TPSA) is 63.2 Å². The fourth-order valence-corrected chi connectivity index (χ4v) is 6.02. The van der Waals surface area contributed by atoms with Crippen LogP contribution in [0.5, 0.6) is 0 Å². The van der Waals surface area contributed by atoms with Gasteiger partial charge in [-0.25, -0.2) is 13.2 Å². The Bertz CT molecular complexity index is 1660. The Labute approximate surface area is 269 Å². The molecule has 3 aromatic carbocycles. The third kappa shape index (κ3) is 7.05. The summed E-state index contributed by atoms with van der Waals surface area (Å²) in [5.74, 6) is -9.92. The number of anilines is 1. The average molecular weight is 726 g/mol. The normalized spacial score (nSPS) is 17.5. The Kier molecular flexibility index (Phi) is 9.63. The number of halogens is 12. The number of ketones is 2. The molecule has 0 aliphatic heterocycles. The Morgan fingerprint density at radius 1 is 0.767 bits per heavy atom. The van der Waals surface area contributed by atoms with Crippen molar-refractivity contribution in [3.8, 4) is 0 Å². The van der Waals surface area contributed by atoms with E-state index in [1.165, 1.54) is 12.1 Å². The lowest BCUT2D eigenvalue weighted by Gasteiger charge is -2.12. The first-order valence-electron chi connectivity index (χ1n) is 11.7. The van der Waals surface area contributed by atoms with E-state index in [1.807, 2.05) is 0 Å². The van der Waals surface area contributed by atoms with Crippen molar-refractivity contribution in [1.29, 1.82) is 0 Å². The van der Waals surface area contributed by atoms with Crippen LogP contribution in [0.3, 0.4) is 0 Å². The molecule has 0 saturated heterocycles. The monoisotopic (exact) mass is 723 g/mol. The quantitative estimate of drug-likeness (QED) is 0.109. The number of hydrogen-bond donors (Lipinski definition) is 1. The first kappa shape index (κ1) is 33.7. The van der Waals surface area contributed by atoms with Crippen LogP contribution in [0.25, 0.3) is 0 Å². The number of hydrogen-bond acceptors (Lipinski definition) is 3. The van der Waals surface area contributed by atoms with Gasteiger partial charge in [0.05, 0.1) is 26.0 Å². The second kappa shape index (κ2) is 12.3. The lowest BCUT2D eigenvalue weighted by molar-refractivity contribution is -0.170. The van der Waals surface area contributed by atoms with Crippen LogP contribution in [-0.2, 0) is 22.4 Å². The van der Waals surface area contributed by atoms with Crippen LogP contribution in [0.1, 0.15) is 33.0 Å². The fourth-order valence-electron chi connectivity index (χ4n) is 4.36. The summed E-state index contributed by atoms with van der Waals surface area (Å²) >= 11 is 36.7. The molecule has 0 heterocycles. The molecule has 0 radical (unpaired) electrons. The Hall–Kier alpha value is -2.21. The smallest absolute Gasteiger partial charge is 0.326 e. The maximum atomic E-state index is 14.7. The van der Waals surface area contributed by atoms with Crippen molar-refractivity contribution in [2.24, 2.45) is 5.92 Å². The highest BCUT2D eigenvalue weighted by Gasteiger charge is 2.67. The van der Waals surface area contributed by atoms with E-state index in [2.05, 4.69) is 5.32 Å². The average Bonchev–Trinajstić information content (AvgIpc) is 3.48. The maximum Gasteiger partial charge on any atom is 0.450 e. The first-order valence-corrected chi connectivity index (χ1v) is 14.0. The number of Topliss-reactive ketones (excluding diaryl/α,β-unsaturated/α-hetero) is 2. The van der Waals surface area contributed by atoms with E-state index in [0.717, 1.165) is 12.1 Å². The number of rotatable bonds is 8. The SMILES string of the molecule is O=C(Cc1cc(CC(=O)C(F)(F)F)c(F)cc1F)c1cc(NC(=O)[C@H]2[C@H](c3cc(Cl)c(Cl)c(Cl)c3)C2(Cl)Cl)cc(F)c1Cl. The fraction of sp³-hybridized carbons (Fsp3) is 0.222. The first-order chi connectivity index (χ1) is 19.8. The number of amides is 1. The summed E-state index contributed by atoms with van der Waals surface area (Å²) in [6, 6.07) is 5.41. The van der Waals surface area contributed by atoms with Crippen LogP contribution in [0.2, 0.25) is 20.1 Å².